The highest BCUT2D eigenvalue weighted by atomic mass is 19.3. The van der Waals surface area contributed by atoms with Crippen molar-refractivity contribution in [1.82, 2.24) is 0 Å². The third kappa shape index (κ3) is 5.23. The quantitative estimate of drug-likeness (QED) is 0.179. The largest absolute Gasteiger partial charge is 0.491 e. The van der Waals surface area contributed by atoms with Gasteiger partial charge in [-0.05, 0) is 66.6 Å². The zero-order valence-corrected chi connectivity index (χ0v) is 18.9. The molecule has 0 aliphatic heterocycles. The Morgan fingerprint density at radius 3 is 1.84 bits per heavy atom. The molecule has 10 heteroatoms. The summed E-state index contributed by atoms with van der Waals surface area (Å²) < 4.78 is 122. The Bertz CT molecular complexity index is 1430. The maximum atomic E-state index is 14.7. The molecule has 4 aromatic carbocycles. The van der Waals surface area contributed by atoms with Crippen LogP contribution >= 0.6 is 0 Å². The fourth-order valence-corrected chi connectivity index (χ4v) is 3.58. The molecule has 37 heavy (non-hydrogen) atoms. The van der Waals surface area contributed by atoms with Crippen LogP contribution in [0.25, 0.3) is 22.3 Å². The van der Waals surface area contributed by atoms with E-state index in [0.717, 1.165) is 36.4 Å². The second-order valence-corrected chi connectivity index (χ2v) is 7.76. The zero-order chi connectivity index (χ0) is 26.9. The lowest BCUT2D eigenvalue weighted by Gasteiger charge is -2.19. The van der Waals surface area contributed by atoms with Crippen LogP contribution in [-0.4, -0.2) is 6.61 Å². The second-order valence-electron chi connectivity index (χ2n) is 7.76. The average Bonchev–Trinajstić information content (AvgIpc) is 2.85. The van der Waals surface area contributed by atoms with Crippen LogP contribution in [0.4, 0.5) is 35.1 Å². The van der Waals surface area contributed by atoms with E-state index in [1.807, 2.05) is 0 Å². The van der Waals surface area contributed by atoms with E-state index in [-0.39, 0.29) is 34.6 Å². The third-order valence-corrected chi connectivity index (χ3v) is 5.36. The van der Waals surface area contributed by atoms with Gasteiger partial charge < -0.3 is 9.47 Å². The Labute approximate surface area is 205 Å². The van der Waals surface area contributed by atoms with E-state index in [1.54, 1.807) is 6.92 Å². The molecule has 0 radical (unpaired) electrons. The van der Waals surface area contributed by atoms with E-state index >= 15 is 0 Å². The van der Waals surface area contributed by atoms with Gasteiger partial charge in [-0.3, -0.25) is 0 Å². The Morgan fingerprint density at radius 2 is 1.24 bits per heavy atom. The van der Waals surface area contributed by atoms with E-state index in [1.165, 1.54) is 12.1 Å². The first-order chi connectivity index (χ1) is 17.5. The minimum Gasteiger partial charge on any atom is -0.491 e. The summed E-state index contributed by atoms with van der Waals surface area (Å²) in [5.41, 5.74) is -1.46. The molecule has 2 nitrogen and oxygen atoms in total. The minimum absolute atomic E-state index is 0.105. The zero-order valence-electron chi connectivity index (χ0n) is 18.9. The van der Waals surface area contributed by atoms with E-state index in [0.29, 0.717) is 18.2 Å². The highest BCUT2D eigenvalue weighted by Crippen LogP contribution is 2.36. The van der Waals surface area contributed by atoms with Gasteiger partial charge in [0, 0.05) is 17.2 Å². The lowest BCUT2D eigenvalue weighted by Crippen LogP contribution is -2.21. The molecule has 0 aromatic heterocycles. The molecule has 192 valence electrons. The van der Waals surface area contributed by atoms with Crippen molar-refractivity contribution in [2.45, 2.75) is 13.0 Å². The van der Waals surface area contributed by atoms with E-state index in [4.69, 9.17) is 4.74 Å². The average molecular weight is 524 g/mol. The summed E-state index contributed by atoms with van der Waals surface area (Å²) in [6.45, 7) is 1.72. The summed E-state index contributed by atoms with van der Waals surface area (Å²) in [5, 5.41) is 0. The molecule has 0 saturated heterocycles. The van der Waals surface area contributed by atoms with Crippen LogP contribution in [0.15, 0.2) is 66.7 Å². The van der Waals surface area contributed by atoms with Gasteiger partial charge >= 0.3 is 6.11 Å². The number of hydrogen-bond acceptors (Lipinski definition) is 2. The van der Waals surface area contributed by atoms with Gasteiger partial charge in [0.1, 0.15) is 11.6 Å². The maximum absolute atomic E-state index is 14.7. The number of benzene rings is 4. The summed E-state index contributed by atoms with van der Waals surface area (Å²) in [6, 6.07) is 10.2. The molecule has 4 aromatic rings. The Balaban J connectivity index is 1.56. The Hall–Kier alpha value is -4.08. The number of alkyl halides is 2. The predicted octanol–water partition coefficient (Wildman–Crippen LogP) is 8.38. The highest BCUT2D eigenvalue weighted by molar-refractivity contribution is 5.66. The molecule has 0 atom stereocenters. The number of halogens is 8. The van der Waals surface area contributed by atoms with Crippen LogP contribution in [0.3, 0.4) is 0 Å². The molecule has 0 aliphatic rings. The molecule has 0 saturated carbocycles. The van der Waals surface area contributed by atoms with Crippen LogP contribution < -0.4 is 9.47 Å². The lowest BCUT2D eigenvalue weighted by molar-refractivity contribution is -0.185. The van der Waals surface area contributed by atoms with E-state index < -0.39 is 52.3 Å². The molecule has 0 N–H and O–H groups in total. The van der Waals surface area contributed by atoms with Crippen LogP contribution in [0.1, 0.15) is 12.5 Å². The van der Waals surface area contributed by atoms with Gasteiger partial charge in [0.05, 0.1) is 12.2 Å². The smallest absolute Gasteiger partial charge is 0.426 e. The number of ether oxygens (including phenoxy) is 2. The number of hydrogen-bond donors (Lipinski definition) is 0. The minimum atomic E-state index is -3.97. The van der Waals surface area contributed by atoms with Crippen molar-refractivity contribution in [2.24, 2.45) is 0 Å². The predicted molar refractivity (Wildman–Crippen MR) is 119 cm³/mol. The van der Waals surface area contributed by atoms with Gasteiger partial charge in [-0.15, -0.1) is 0 Å². The van der Waals surface area contributed by atoms with Crippen LogP contribution in [-0.2, 0) is 6.11 Å². The third-order valence-electron chi connectivity index (χ3n) is 5.36. The monoisotopic (exact) mass is 524 g/mol. The molecule has 0 bridgehead atoms. The molecule has 0 fully saturated rings. The molecule has 0 amide bonds. The lowest BCUT2D eigenvalue weighted by atomic mass is 10.0. The van der Waals surface area contributed by atoms with Crippen LogP contribution in [0.5, 0.6) is 11.5 Å². The SMILES string of the molecule is CCOc1ccc(-c2ccc(C(F)(F)Oc3ccc(-c4cc(F)c(F)c(F)c4)c(F)c3)cc2)c(F)c1F. The molecule has 0 heterocycles. The van der Waals surface area contributed by atoms with E-state index in [2.05, 4.69) is 4.74 Å². The summed E-state index contributed by atoms with van der Waals surface area (Å²) >= 11 is 0. The van der Waals surface area contributed by atoms with Gasteiger partial charge in [-0.2, -0.15) is 13.2 Å². The summed E-state index contributed by atoms with van der Waals surface area (Å²) in [7, 11) is 0. The van der Waals surface area contributed by atoms with Crippen molar-refractivity contribution in [2.75, 3.05) is 6.61 Å². The standard InChI is InChI=1S/C27H16F8O2/c1-2-36-23-10-9-19(24(31)26(23)33)14-3-5-16(6-4-14)27(34,35)37-17-7-8-18(20(28)13-17)15-11-21(29)25(32)22(30)12-15/h3-13H,2H2,1H3. The molecule has 0 aliphatic carbocycles. The molecular formula is C27H16F8O2. The first-order valence-corrected chi connectivity index (χ1v) is 10.7. The summed E-state index contributed by atoms with van der Waals surface area (Å²) in [5.74, 6) is -9.29. The van der Waals surface area contributed by atoms with Crippen LogP contribution in [0.2, 0.25) is 0 Å². The van der Waals surface area contributed by atoms with Crippen LogP contribution in [0, 0.1) is 34.9 Å². The van der Waals surface area contributed by atoms with Gasteiger partial charge in [0.15, 0.2) is 29.0 Å². The first-order valence-electron chi connectivity index (χ1n) is 10.7. The molecular weight excluding hydrogens is 508 g/mol. The van der Waals surface area contributed by atoms with Gasteiger partial charge in [-0.1, -0.05) is 12.1 Å². The fourth-order valence-electron chi connectivity index (χ4n) is 3.58. The topological polar surface area (TPSA) is 18.5 Å². The highest BCUT2D eigenvalue weighted by Gasteiger charge is 2.35. The van der Waals surface area contributed by atoms with Crippen molar-refractivity contribution in [3.63, 3.8) is 0 Å². The maximum Gasteiger partial charge on any atom is 0.426 e. The summed E-state index contributed by atoms with van der Waals surface area (Å²) in [6.07, 6.45) is -3.97. The van der Waals surface area contributed by atoms with Gasteiger partial charge in [0.2, 0.25) is 5.82 Å². The Morgan fingerprint density at radius 1 is 0.622 bits per heavy atom. The molecule has 0 spiro atoms. The fraction of sp³-hybridized carbons (Fsp3) is 0.111. The van der Waals surface area contributed by atoms with Gasteiger partial charge in [0.25, 0.3) is 0 Å². The normalized spacial score (nSPS) is 11.5. The number of rotatable bonds is 7. The van der Waals surface area contributed by atoms with Gasteiger partial charge in [-0.25, -0.2) is 22.0 Å². The van der Waals surface area contributed by atoms with Crippen molar-refractivity contribution < 1.29 is 44.6 Å². The van der Waals surface area contributed by atoms with E-state index in [9.17, 15) is 35.1 Å². The Kier molecular flexibility index (Phi) is 7.11. The van der Waals surface area contributed by atoms with Crippen molar-refractivity contribution >= 4 is 0 Å². The molecule has 4 rings (SSSR count). The first kappa shape index (κ1) is 26.0. The molecule has 0 unspecified atom stereocenters. The van der Waals surface area contributed by atoms with Crippen molar-refractivity contribution in [3.8, 4) is 33.8 Å². The summed E-state index contributed by atoms with van der Waals surface area (Å²) in [4.78, 5) is 0. The van der Waals surface area contributed by atoms with Crippen molar-refractivity contribution in [1.29, 1.82) is 0 Å². The second kappa shape index (κ2) is 10.1. The van der Waals surface area contributed by atoms with Crippen molar-refractivity contribution in [3.05, 3.63) is 107 Å².